The predicted molar refractivity (Wildman–Crippen MR) is 141 cm³/mol. The first-order chi connectivity index (χ1) is 16.3. The second kappa shape index (κ2) is 8.72. The minimum atomic E-state index is 0.0450. The van der Waals surface area contributed by atoms with Gasteiger partial charge >= 0.3 is 0 Å². The van der Waals surface area contributed by atoms with Crippen molar-refractivity contribution >= 4 is 0 Å². The van der Waals surface area contributed by atoms with Crippen LogP contribution >= 0.6 is 0 Å². The summed E-state index contributed by atoms with van der Waals surface area (Å²) >= 11 is 0. The predicted octanol–water partition coefficient (Wildman–Crippen LogP) is 9.19. The molecule has 6 aliphatic carbocycles. The highest BCUT2D eigenvalue weighted by molar-refractivity contribution is 5.26. The van der Waals surface area contributed by atoms with Crippen LogP contribution in [-0.2, 0) is 0 Å². The van der Waals surface area contributed by atoms with Crippen molar-refractivity contribution in [2.75, 3.05) is 0 Å². The number of allylic oxidation sites excluding steroid dienone is 1. The maximum Gasteiger partial charge on any atom is 0.0957 e. The van der Waals surface area contributed by atoms with E-state index in [9.17, 15) is 4.91 Å². The highest BCUT2D eigenvalue weighted by atomic mass is 16.3. The van der Waals surface area contributed by atoms with Crippen LogP contribution in [0.3, 0.4) is 0 Å². The average molecular weight is 466 g/mol. The fourth-order valence-electron chi connectivity index (χ4n) is 11.3. The van der Waals surface area contributed by atoms with Gasteiger partial charge in [0.25, 0.3) is 0 Å². The van der Waals surface area contributed by atoms with Gasteiger partial charge in [0, 0.05) is 0 Å². The number of nitrogens with zero attached hydrogens (tertiary/aromatic N) is 1. The Kier molecular flexibility index (Phi) is 6.09. The van der Waals surface area contributed by atoms with E-state index < -0.39 is 0 Å². The lowest BCUT2D eigenvalue weighted by molar-refractivity contribution is -0.0581. The van der Waals surface area contributed by atoms with Crippen LogP contribution in [0.25, 0.3) is 0 Å². The molecule has 0 spiro atoms. The minimum Gasteiger partial charge on any atom is -0.151 e. The van der Waals surface area contributed by atoms with E-state index in [1.807, 2.05) is 0 Å². The van der Waals surface area contributed by atoms with Crippen molar-refractivity contribution in [1.82, 2.24) is 0 Å². The van der Waals surface area contributed by atoms with Gasteiger partial charge in [-0.25, -0.2) is 0 Å². The lowest BCUT2D eigenvalue weighted by atomic mass is 9.47. The molecule has 34 heavy (non-hydrogen) atoms. The molecule has 12 atom stereocenters. The highest BCUT2D eigenvalue weighted by Crippen LogP contribution is 2.67. The van der Waals surface area contributed by atoms with E-state index >= 15 is 0 Å². The molecule has 0 aromatic rings. The molecule has 0 saturated heterocycles. The van der Waals surface area contributed by atoms with Crippen LogP contribution < -0.4 is 0 Å². The molecule has 6 aliphatic rings. The summed E-state index contributed by atoms with van der Waals surface area (Å²) in [4.78, 5) is 11.2. The van der Waals surface area contributed by atoms with E-state index in [0.717, 1.165) is 66.1 Å². The van der Waals surface area contributed by atoms with Gasteiger partial charge in [0.15, 0.2) is 0 Å². The van der Waals surface area contributed by atoms with Gasteiger partial charge in [0.2, 0.25) is 0 Å². The molecule has 190 valence electrons. The van der Waals surface area contributed by atoms with Gasteiger partial charge < -0.3 is 0 Å². The fourth-order valence-corrected chi connectivity index (χ4v) is 11.3. The van der Waals surface area contributed by atoms with Crippen LogP contribution in [0.4, 0.5) is 0 Å². The number of fused-ring (bicyclic) bond motifs is 6. The first-order valence-corrected chi connectivity index (χ1v) is 15.4. The maximum absolute atomic E-state index is 11.2. The summed E-state index contributed by atoms with van der Waals surface area (Å²) in [6.45, 7) is 10.5. The summed E-state index contributed by atoms with van der Waals surface area (Å²) in [7, 11) is 0. The zero-order valence-corrected chi connectivity index (χ0v) is 22.6. The summed E-state index contributed by atoms with van der Waals surface area (Å²) in [6.07, 6.45) is 21.9. The molecule has 10 unspecified atom stereocenters. The Hall–Kier alpha value is -0.660. The summed E-state index contributed by atoms with van der Waals surface area (Å²) in [5, 5.41) is 3.44. The van der Waals surface area contributed by atoms with Gasteiger partial charge in [0.05, 0.1) is 6.04 Å². The van der Waals surface area contributed by atoms with Crippen molar-refractivity contribution in [3.05, 3.63) is 16.6 Å². The molecule has 0 bridgehead atoms. The zero-order valence-electron chi connectivity index (χ0n) is 22.6. The highest BCUT2D eigenvalue weighted by Gasteiger charge is 2.59. The van der Waals surface area contributed by atoms with E-state index in [0.29, 0.717) is 10.8 Å². The Labute approximate surface area is 209 Å². The van der Waals surface area contributed by atoms with E-state index in [-0.39, 0.29) is 6.04 Å². The van der Waals surface area contributed by atoms with Crippen LogP contribution in [0.2, 0.25) is 0 Å². The minimum absolute atomic E-state index is 0.0450. The molecule has 0 aromatic heterocycles. The lowest BCUT2D eigenvalue weighted by Gasteiger charge is -2.58. The zero-order chi connectivity index (χ0) is 23.7. The van der Waals surface area contributed by atoms with Crippen LogP contribution in [0.1, 0.15) is 118 Å². The van der Waals surface area contributed by atoms with Crippen molar-refractivity contribution < 1.29 is 0 Å². The SMILES string of the molecule is CC(CCCC(C)C1CCC2C3CC=C4CC(N=O)CC[C@]4(C)C3CC[C@]12C)C1CC2CCC21. The second-order valence-electron chi connectivity index (χ2n) is 14.8. The van der Waals surface area contributed by atoms with Gasteiger partial charge in [-0.05, 0) is 135 Å². The van der Waals surface area contributed by atoms with E-state index in [4.69, 9.17) is 0 Å². The van der Waals surface area contributed by atoms with Gasteiger partial charge in [-0.1, -0.05) is 63.8 Å². The molecule has 5 fully saturated rings. The normalized spacial score (nSPS) is 50.9. The largest absolute Gasteiger partial charge is 0.151 e. The Morgan fingerprint density at radius 1 is 0.941 bits per heavy atom. The topological polar surface area (TPSA) is 29.4 Å². The molecular weight excluding hydrogens is 414 g/mol. The molecule has 0 radical (unpaired) electrons. The molecule has 0 heterocycles. The molecule has 2 nitrogen and oxygen atoms in total. The van der Waals surface area contributed by atoms with Crippen LogP contribution in [0, 0.1) is 69.0 Å². The third kappa shape index (κ3) is 3.53. The quantitative estimate of drug-likeness (QED) is 0.272. The molecule has 6 rings (SSSR count). The first-order valence-electron chi connectivity index (χ1n) is 15.4. The van der Waals surface area contributed by atoms with Gasteiger partial charge in [-0.2, -0.15) is 4.91 Å². The Morgan fingerprint density at radius 2 is 1.76 bits per heavy atom. The van der Waals surface area contributed by atoms with E-state index in [1.54, 1.807) is 24.8 Å². The smallest absolute Gasteiger partial charge is 0.0957 e. The molecule has 0 amide bonds. The van der Waals surface area contributed by atoms with Gasteiger partial charge in [-0.15, -0.1) is 0 Å². The van der Waals surface area contributed by atoms with Crippen molar-refractivity contribution in [3.63, 3.8) is 0 Å². The standard InChI is InChI=1S/C32H51NO/c1-20(27-18-22-8-10-25(22)27)6-5-7-21(2)28-12-13-29-26-11-9-23-19-24(33-34)14-16-31(23,3)30(26)15-17-32(28,29)4/h9,20-22,24-30H,5-8,10-19H2,1-4H3/t20?,21?,22?,24?,25?,26?,27?,28?,29?,30?,31-,32+/m0/s1. The van der Waals surface area contributed by atoms with Crippen molar-refractivity contribution in [1.29, 1.82) is 0 Å². The molecule has 0 aliphatic heterocycles. The average Bonchev–Trinajstić information content (AvgIpc) is 3.17. The number of rotatable bonds is 7. The third-order valence-corrected chi connectivity index (χ3v) is 13.6. The van der Waals surface area contributed by atoms with Gasteiger partial charge in [-0.3, -0.25) is 0 Å². The number of nitroso groups, excluding NO2 is 1. The molecule has 0 N–H and O–H groups in total. The molecule has 2 heteroatoms. The van der Waals surface area contributed by atoms with Crippen molar-refractivity contribution in [3.8, 4) is 0 Å². The summed E-state index contributed by atoms with van der Waals surface area (Å²) in [5.41, 5.74) is 2.53. The van der Waals surface area contributed by atoms with Crippen molar-refractivity contribution in [2.45, 2.75) is 124 Å². The number of hydrogen-bond acceptors (Lipinski definition) is 2. The van der Waals surface area contributed by atoms with Gasteiger partial charge in [0.1, 0.15) is 0 Å². The third-order valence-electron chi connectivity index (χ3n) is 13.6. The summed E-state index contributed by atoms with van der Waals surface area (Å²) < 4.78 is 0. The second-order valence-corrected chi connectivity index (χ2v) is 14.8. The fraction of sp³-hybridized carbons (Fsp3) is 0.938. The summed E-state index contributed by atoms with van der Waals surface area (Å²) in [6, 6.07) is 0.0450. The van der Waals surface area contributed by atoms with Crippen LogP contribution in [-0.4, -0.2) is 6.04 Å². The maximum atomic E-state index is 11.2. The first kappa shape index (κ1) is 23.7. The summed E-state index contributed by atoms with van der Waals surface area (Å²) in [5.74, 6) is 8.85. The van der Waals surface area contributed by atoms with Crippen LogP contribution in [0.15, 0.2) is 16.8 Å². The Balaban J connectivity index is 1.08. The van der Waals surface area contributed by atoms with E-state index in [2.05, 4.69) is 38.9 Å². The Morgan fingerprint density at radius 3 is 2.47 bits per heavy atom. The monoisotopic (exact) mass is 465 g/mol. The molecule has 5 saturated carbocycles. The molecular formula is C32H51NO. The van der Waals surface area contributed by atoms with Crippen LogP contribution in [0.5, 0.6) is 0 Å². The van der Waals surface area contributed by atoms with Crippen molar-refractivity contribution in [2.24, 2.45) is 69.3 Å². The van der Waals surface area contributed by atoms with E-state index in [1.165, 1.54) is 57.8 Å². The number of hydrogen-bond donors (Lipinski definition) is 0. The Bertz CT molecular complexity index is 818. The molecule has 0 aromatic carbocycles. The lowest BCUT2D eigenvalue weighted by Crippen LogP contribution is -2.50.